The summed E-state index contributed by atoms with van der Waals surface area (Å²) in [5, 5.41) is 8.91. The molecule has 0 bridgehead atoms. The van der Waals surface area contributed by atoms with Gasteiger partial charge in [-0.2, -0.15) is 9.57 Å². The lowest BCUT2D eigenvalue weighted by molar-refractivity contribution is 0.435. The van der Waals surface area contributed by atoms with Gasteiger partial charge in [0.15, 0.2) is 0 Å². The predicted molar refractivity (Wildman–Crippen MR) is 64.6 cm³/mol. The Morgan fingerprint density at radius 2 is 2.06 bits per heavy atom. The zero-order valence-corrected chi connectivity index (χ0v) is 10.4. The molecule has 1 aromatic rings. The summed E-state index contributed by atoms with van der Waals surface area (Å²) >= 11 is 0. The topological polar surface area (TPSA) is 87.2 Å². The van der Waals surface area contributed by atoms with Gasteiger partial charge in [0, 0.05) is 19.6 Å². The highest BCUT2D eigenvalue weighted by molar-refractivity contribution is 7.89. The van der Waals surface area contributed by atoms with Gasteiger partial charge in [-0.15, -0.1) is 0 Å². The number of nitrogens with two attached hydrogens (primary N) is 1. The van der Waals surface area contributed by atoms with Crippen molar-refractivity contribution < 1.29 is 8.42 Å². The molecule has 1 rings (SSSR count). The van der Waals surface area contributed by atoms with Crippen molar-refractivity contribution in [1.82, 2.24) is 4.31 Å². The average Bonchev–Trinajstić information content (AvgIpc) is 2.35. The molecule has 0 saturated carbocycles. The van der Waals surface area contributed by atoms with Gasteiger partial charge in [0.05, 0.1) is 10.5 Å². The first kappa shape index (κ1) is 13.6. The number of hydrogen-bond donors (Lipinski definition) is 1. The van der Waals surface area contributed by atoms with Gasteiger partial charge >= 0.3 is 0 Å². The zero-order chi connectivity index (χ0) is 12.9. The Balaban J connectivity index is 3.26. The maximum atomic E-state index is 12.3. The van der Waals surface area contributed by atoms with Crippen LogP contribution in [0.4, 0.5) is 0 Å². The van der Waals surface area contributed by atoms with Crippen molar-refractivity contribution in [3.63, 3.8) is 0 Å². The molecule has 0 amide bonds. The maximum Gasteiger partial charge on any atom is 0.244 e. The molecular formula is C11H15N3O2S. The standard InChI is InChI=1S/C11H15N3O2S/c1-2-14(8-7-12)17(15,16)11-6-4-3-5-10(11)9-13/h3-6H,2,7-8,12H2,1H3. The van der Waals surface area contributed by atoms with Crippen LogP contribution in [0.5, 0.6) is 0 Å². The van der Waals surface area contributed by atoms with E-state index in [0.717, 1.165) is 0 Å². The van der Waals surface area contributed by atoms with Gasteiger partial charge in [0.25, 0.3) is 0 Å². The van der Waals surface area contributed by atoms with E-state index < -0.39 is 10.0 Å². The van der Waals surface area contributed by atoms with Gasteiger partial charge in [0.2, 0.25) is 10.0 Å². The average molecular weight is 253 g/mol. The Bertz CT molecular complexity index is 520. The van der Waals surface area contributed by atoms with Gasteiger partial charge in [-0.05, 0) is 12.1 Å². The molecule has 5 nitrogen and oxygen atoms in total. The monoisotopic (exact) mass is 253 g/mol. The van der Waals surface area contributed by atoms with Crippen LogP contribution in [-0.4, -0.2) is 32.4 Å². The number of benzene rings is 1. The Hall–Kier alpha value is -1.42. The van der Waals surface area contributed by atoms with Crippen LogP contribution in [0.1, 0.15) is 12.5 Å². The molecule has 17 heavy (non-hydrogen) atoms. The number of sulfonamides is 1. The van der Waals surface area contributed by atoms with Crippen molar-refractivity contribution in [2.45, 2.75) is 11.8 Å². The second-order valence-electron chi connectivity index (χ2n) is 3.39. The summed E-state index contributed by atoms with van der Waals surface area (Å²) in [5.74, 6) is 0. The fraction of sp³-hybridized carbons (Fsp3) is 0.364. The van der Waals surface area contributed by atoms with Crippen molar-refractivity contribution in [2.24, 2.45) is 5.73 Å². The minimum atomic E-state index is -3.63. The molecule has 0 saturated heterocycles. The van der Waals surface area contributed by atoms with Crippen LogP contribution < -0.4 is 5.73 Å². The van der Waals surface area contributed by atoms with E-state index in [1.54, 1.807) is 19.1 Å². The molecule has 0 unspecified atom stereocenters. The summed E-state index contributed by atoms with van der Waals surface area (Å²) in [6, 6.07) is 8.05. The van der Waals surface area contributed by atoms with E-state index in [-0.39, 0.29) is 23.5 Å². The van der Waals surface area contributed by atoms with E-state index in [4.69, 9.17) is 11.0 Å². The van der Waals surface area contributed by atoms with Crippen molar-refractivity contribution in [3.8, 4) is 6.07 Å². The summed E-state index contributed by atoms with van der Waals surface area (Å²) in [6.45, 7) is 2.57. The first-order valence-electron chi connectivity index (χ1n) is 5.27. The van der Waals surface area contributed by atoms with Crippen LogP contribution in [-0.2, 0) is 10.0 Å². The SMILES string of the molecule is CCN(CCN)S(=O)(=O)c1ccccc1C#N. The Morgan fingerprint density at radius 1 is 1.41 bits per heavy atom. The quantitative estimate of drug-likeness (QED) is 0.829. The number of rotatable bonds is 5. The minimum absolute atomic E-state index is 0.0396. The third kappa shape index (κ3) is 2.82. The number of hydrogen-bond acceptors (Lipinski definition) is 4. The highest BCUT2D eigenvalue weighted by atomic mass is 32.2. The molecule has 0 heterocycles. The van der Waals surface area contributed by atoms with Crippen LogP contribution >= 0.6 is 0 Å². The largest absolute Gasteiger partial charge is 0.329 e. The molecule has 2 N–H and O–H groups in total. The highest BCUT2D eigenvalue weighted by Crippen LogP contribution is 2.18. The third-order valence-electron chi connectivity index (χ3n) is 2.36. The number of likely N-dealkylation sites (N-methyl/N-ethyl adjacent to an activating group) is 1. The zero-order valence-electron chi connectivity index (χ0n) is 9.63. The lowest BCUT2D eigenvalue weighted by Gasteiger charge is -2.20. The van der Waals surface area contributed by atoms with E-state index in [0.29, 0.717) is 6.54 Å². The normalized spacial score (nSPS) is 11.4. The molecule has 0 aliphatic carbocycles. The molecule has 0 aliphatic heterocycles. The van der Waals surface area contributed by atoms with Crippen LogP contribution in [0.15, 0.2) is 29.2 Å². The van der Waals surface area contributed by atoms with Crippen LogP contribution in [0, 0.1) is 11.3 Å². The molecule has 0 radical (unpaired) electrons. The lowest BCUT2D eigenvalue weighted by atomic mass is 10.2. The lowest BCUT2D eigenvalue weighted by Crippen LogP contribution is -2.35. The van der Waals surface area contributed by atoms with E-state index in [1.165, 1.54) is 16.4 Å². The molecule has 0 aromatic heterocycles. The molecule has 0 atom stereocenters. The van der Waals surface area contributed by atoms with Crippen LogP contribution in [0.2, 0.25) is 0 Å². The minimum Gasteiger partial charge on any atom is -0.329 e. The molecule has 6 heteroatoms. The Kier molecular flexibility index (Phi) is 4.63. The first-order chi connectivity index (χ1) is 8.07. The van der Waals surface area contributed by atoms with E-state index in [2.05, 4.69) is 0 Å². The highest BCUT2D eigenvalue weighted by Gasteiger charge is 2.24. The van der Waals surface area contributed by atoms with Gasteiger partial charge in [0.1, 0.15) is 6.07 Å². The molecular weight excluding hydrogens is 238 g/mol. The van der Waals surface area contributed by atoms with E-state index >= 15 is 0 Å². The van der Waals surface area contributed by atoms with Gasteiger partial charge in [-0.3, -0.25) is 0 Å². The van der Waals surface area contributed by atoms with Crippen molar-refractivity contribution in [1.29, 1.82) is 5.26 Å². The predicted octanol–water partition coefficient (Wildman–Crippen LogP) is 0.528. The number of nitriles is 1. The van der Waals surface area contributed by atoms with Crippen molar-refractivity contribution >= 4 is 10.0 Å². The molecule has 0 aliphatic rings. The summed E-state index contributed by atoms with van der Waals surface area (Å²) in [4.78, 5) is 0.0396. The molecule has 92 valence electrons. The van der Waals surface area contributed by atoms with E-state index in [1.807, 2.05) is 6.07 Å². The maximum absolute atomic E-state index is 12.3. The summed E-state index contributed by atoms with van der Waals surface area (Å²) in [5.41, 5.74) is 5.53. The van der Waals surface area contributed by atoms with Crippen LogP contribution in [0.25, 0.3) is 0 Å². The molecule has 0 spiro atoms. The molecule has 0 fully saturated rings. The smallest absolute Gasteiger partial charge is 0.244 e. The summed E-state index contributed by atoms with van der Waals surface area (Å²) in [7, 11) is -3.63. The summed E-state index contributed by atoms with van der Waals surface area (Å²) < 4.78 is 25.8. The second kappa shape index (κ2) is 5.77. The van der Waals surface area contributed by atoms with E-state index in [9.17, 15) is 8.42 Å². The van der Waals surface area contributed by atoms with Crippen molar-refractivity contribution in [2.75, 3.05) is 19.6 Å². The van der Waals surface area contributed by atoms with Crippen LogP contribution in [0.3, 0.4) is 0 Å². The second-order valence-corrected chi connectivity index (χ2v) is 5.30. The fourth-order valence-corrected chi connectivity index (χ4v) is 3.12. The fourth-order valence-electron chi connectivity index (χ4n) is 1.52. The van der Waals surface area contributed by atoms with Gasteiger partial charge in [-0.1, -0.05) is 19.1 Å². The third-order valence-corrected chi connectivity index (χ3v) is 4.39. The van der Waals surface area contributed by atoms with Crippen molar-refractivity contribution in [3.05, 3.63) is 29.8 Å². The van der Waals surface area contributed by atoms with Gasteiger partial charge in [-0.25, -0.2) is 8.42 Å². The first-order valence-corrected chi connectivity index (χ1v) is 6.71. The van der Waals surface area contributed by atoms with Gasteiger partial charge < -0.3 is 5.73 Å². The number of nitrogens with zero attached hydrogens (tertiary/aromatic N) is 2. The molecule has 1 aromatic carbocycles. The summed E-state index contributed by atoms with van der Waals surface area (Å²) in [6.07, 6.45) is 0. The Labute approximate surface area is 102 Å². The Morgan fingerprint density at radius 3 is 2.59 bits per heavy atom.